The van der Waals surface area contributed by atoms with E-state index in [1.165, 1.54) is 6.26 Å². The SMILES string of the molecule is CS(=O)O[C@@H]1CCOC1. The molecule has 9 heavy (non-hydrogen) atoms. The van der Waals surface area contributed by atoms with Gasteiger partial charge in [0.1, 0.15) is 6.10 Å². The van der Waals surface area contributed by atoms with Crippen molar-refractivity contribution in [2.45, 2.75) is 12.5 Å². The van der Waals surface area contributed by atoms with Crippen LogP contribution in [0.3, 0.4) is 0 Å². The summed E-state index contributed by atoms with van der Waals surface area (Å²) in [4.78, 5) is 0. The fourth-order valence-corrected chi connectivity index (χ4v) is 1.32. The van der Waals surface area contributed by atoms with Crippen LogP contribution in [0.4, 0.5) is 0 Å². The molecule has 0 aromatic rings. The van der Waals surface area contributed by atoms with Gasteiger partial charge in [0.25, 0.3) is 0 Å². The van der Waals surface area contributed by atoms with Crippen LogP contribution < -0.4 is 0 Å². The number of hydrogen-bond donors (Lipinski definition) is 0. The molecule has 3 nitrogen and oxygen atoms in total. The molecule has 0 saturated carbocycles. The lowest BCUT2D eigenvalue weighted by molar-refractivity contribution is 0.150. The number of rotatable bonds is 2. The molecule has 1 fully saturated rings. The largest absolute Gasteiger partial charge is 0.379 e. The molecule has 0 amide bonds. The number of hydrogen-bond acceptors (Lipinski definition) is 3. The molecule has 0 N–H and O–H groups in total. The maximum Gasteiger partial charge on any atom is 0.152 e. The minimum absolute atomic E-state index is 0.0656. The van der Waals surface area contributed by atoms with Gasteiger partial charge >= 0.3 is 0 Å². The van der Waals surface area contributed by atoms with E-state index >= 15 is 0 Å². The van der Waals surface area contributed by atoms with Crippen molar-refractivity contribution in [1.82, 2.24) is 0 Å². The molecule has 1 aliphatic rings. The Bertz CT molecular complexity index is 109. The van der Waals surface area contributed by atoms with Gasteiger partial charge in [0.2, 0.25) is 0 Å². The minimum Gasteiger partial charge on any atom is -0.379 e. The van der Waals surface area contributed by atoms with E-state index in [1.807, 2.05) is 0 Å². The van der Waals surface area contributed by atoms with E-state index in [1.54, 1.807) is 0 Å². The van der Waals surface area contributed by atoms with E-state index in [4.69, 9.17) is 8.92 Å². The van der Waals surface area contributed by atoms with E-state index in [9.17, 15) is 4.21 Å². The van der Waals surface area contributed by atoms with Crippen molar-refractivity contribution in [3.05, 3.63) is 0 Å². The predicted octanol–water partition coefficient (Wildman–Crippen LogP) is 0.0854. The molecular formula is C5H10O3S. The van der Waals surface area contributed by atoms with Crippen LogP contribution in [0.5, 0.6) is 0 Å². The molecule has 0 aromatic heterocycles. The molecule has 0 aromatic carbocycles. The van der Waals surface area contributed by atoms with Crippen LogP contribution >= 0.6 is 0 Å². The lowest BCUT2D eigenvalue weighted by Crippen LogP contribution is -2.12. The average molecular weight is 150 g/mol. The zero-order valence-electron chi connectivity index (χ0n) is 5.33. The third-order valence-electron chi connectivity index (χ3n) is 1.16. The third kappa shape index (κ3) is 2.43. The van der Waals surface area contributed by atoms with Crippen molar-refractivity contribution in [2.75, 3.05) is 19.5 Å². The first-order valence-electron chi connectivity index (χ1n) is 2.87. The zero-order chi connectivity index (χ0) is 6.69. The smallest absolute Gasteiger partial charge is 0.152 e. The van der Waals surface area contributed by atoms with Gasteiger partial charge in [0.15, 0.2) is 11.1 Å². The summed E-state index contributed by atoms with van der Waals surface area (Å²) in [6, 6.07) is 0. The van der Waals surface area contributed by atoms with Crippen molar-refractivity contribution in [1.29, 1.82) is 0 Å². The quantitative estimate of drug-likeness (QED) is 0.559. The molecule has 1 saturated heterocycles. The van der Waals surface area contributed by atoms with Gasteiger partial charge in [-0.3, -0.25) is 4.18 Å². The Morgan fingerprint density at radius 3 is 3.00 bits per heavy atom. The first-order chi connectivity index (χ1) is 4.29. The summed E-state index contributed by atoms with van der Waals surface area (Å²) < 4.78 is 20.4. The van der Waals surface area contributed by atoms with Crippen molar-refractivity contribution >= 4 is 11.1 Å². The summed E-state index contributed by atoms with van der Waals surface area (Å²) in [5.74, 6) is 0. The Balaban J connectivity index is 2.19. The van der Waals surface area contributed by atoms with Gasteiger partial charge in [0, 0.05) is 19.3 Å². The average Bonchev–Trinajstić information content (AvgIpc) is 2.15. The van der Waals surface area contributed by atoms with Crippen LogP contribution in [0.2, 0.25) is 0 Å². The third-order valence-corrected chi connectivity index (χ3v) is 1.70. The van der Waals surface area contributed by atoms with Gasteiger partial charge in [-0.05, 0) is 0 Å². The normalized spacial score (nSPS) is 30.6. The van der Waals surface area contributed by atoms with Crippen molar-refractivity contribution in [3.63, 3.8) is 0 Å². The Morgan fingerprint density at radius 1 is 1.78 bits per heavy atom. The number of ether oxygens (including phenoxy) is 1. The molecule has 54 valence electrons. The molecular weight excluding hydrogens is 140 g/mol. The molecule has 0 aliphatic carbocycles. The van der Waals surface area contributed by atoms with E-state index in [2.05, 4.69) is 0 Å². The maximum atomic E-state index is 10.4. The highest BCUT2D eigenvalue weighted by molar-refractivity contribution is 7.79. The summed E-state index contributed by atoms with van der Waals surface area (Å²) in [5.41, 5.74) is 0. The highest BCUT2D eigenvalue weighted by Gasteiger charge is 2.16. The van der Waals surface area contributed by atoms with Crippen molar-refractivity contribution in [2.24, 2.45) is 0 Å². The molecule has 4 heteroatoms. The van der Waals surface area contributed by atoms with Gasteiger partial charge in [-0.15, -0.1) is 0 Å². The summed E-state index contributed by atoms with van der Waals surface area (Å²) >= 11 is -1.14. The predicted molar refractivity (Wildman–Crippen MR) is 34.4 cm³/mol. The lowest BCUT2D eigenvalue weighted by Gasteiger charge is -2.03. The molecule has 1 heterocycles. The molecule has 0 bridgehead atoms. The van der Waals surface area contributed by atoms with Gasteiger partial charge < -0.3 is 4.74 Å². The topological polar surface area (TPSA) is 35.5 Å². The Hall–Kier alpha value is 0.0700. The van der Waals surface area contributed by atoms with Crippen LogP contribution in [-0.2, 0) is 20.0 Å². The molecule has 2 atom stereocenters. The zero-order valence-corrected chi connectivity index (χ0v) is 6.15. The highest BCUT2D eigenvalue weighted by Crippen LogP contribution is 2.08. The summed E-state index contributed by atoms with van der Waals surface area (Å²) in [5, 5.41) is 0. The molecule has 1 aliphatic heterocycles. The molecule has 0 radical (unpaired) electrons. The van der Waals surface area contributed by atoms with Gasteiger partial charge in [0.05, 0.1) is 6.61 Å². The Morgan fingerprint density at radius 2 is 2.56 bits per heavy atom. The monoisotopic (exact) mass is 150 g/mol. The van der Waals surface area contributed by atoms with Crippen LogP contribution in [-0.4, -0.2) is 29.8 Å². The van der Waals surface area contributed by atoms with Crippen LogP contribution in [0.1, 0.15) is 6.42 Å². The van der Waals surface area contributed by atoms with E-state index in [0.717, 1.165) is 13.0 Å². The minimum atomic E-state index is -1.14. The van der Waals surface area contributed by atoms with Crippen LogP contribution in [0.25, 0.3) is 0 Å². The van der Waals surface area contributed by atoms with Crippen LogP contribution in [0.15, 0.2) is 0 Å². The lowest BCUT2D eigenvalue weighted by atomic mass is 10.3. The molecule has 1 unspecified atom stereocenters. The van der Waals surface area contributed by atoms with Gasteiger partial charge in [-0.2, -0.15) is 0 Å². The molecule has 0 spiro atoms. The van der Waals surface area contributed by atoms with Crippen LogP contribution in [0, 0.1) is 0 Å². The van der Waals surface area contributed by atoms with Gasteiger partial charge in [-0.25, -0.2) is 4.21 Å². The second kappa shape index (κ2) is 3.29. The van der Waals surface area contributed by atoms with Gasteiger partial charge in [-0.1, -0.05) is 0 Å². The first-order valence-corrected chi connectivity index (χ1v) is 4.35. The van der Waals surface area contributed by atoms with Crippen molar-refractivity contribution < 1.29 is 13.1 Å². The first kappa shape index (κ1) is 7.18. The summed E-state index contributed by atoms with van der Waals surface area (Å²) in [6.45, 7) is 1.33. The second-order valence-corrected chi connectivity index (χ2v) is 2.98. The van der Waals surface area contributed by atoms with E-state index in [0.29, 0.717) is 6.61 Å². The second-order valence-electron chi connectivity index (χ2n) is 1.98. The van der Waals surface area contributed by atoms with E-state index in [-0.39, 0.29) is 6.10 Å². The fraction of sp³-hybridized carbons (Fsp3) is 1.00. The molecule has 1 rings (SSSR count). The highest BCUT2D eigenvalue weighted by atomic mass is 32.2. The Labute approximate surface area is 57.0 Å². The van der Waals surface area contributed by atoms with E-state index < -0.39 is 11.1 Å². The standard InChI is InChI=1S/C5H10O3S/c1-9(6)8-5-2-3-7-4-5/h5H,2-4H2,1H3/t5-,9?/m1/s1. The van der Waals surface area contributed by atoms with Crippen molar-refractivity contribution in [3.8, 4) is 0 Å². The maximum absolute atomic E-state index is 10.4. The fourth-order valence-electron chi connectivity index (χ4n) is 0.780. The summed E-state index contributed by atoms with van der Waals surface area (Å²) in [6.07, 6.45) is 2.47. The Kier molecular flexibility index (Phi) is 2.63. The summed E-state index contributed by atoms with van der Waals surface area (Å²) in [7, 11) is 0.